The van der Waals surface area contributed by atoms with Crippen molar-refractivity contribution in [3.63, 3.8) is 0 Å². The molecule has 0 aromatic heterocycles. The Hall–Kier alpha value is -1.04. The van der Waals surface area contributed by atoms with Crippen LogP contribution in [0.4, 0.5) is 0 Å². The lowest BCUT2D eigenvalue weighted by atomic mass is 9.80. The van der Waals surface area contributed by atoms with Gasteiger partial charge < -0.3 is 0 Å². The third kappa shape index (κ3) is 3.23. The van der Waals surface area contributed by atoms with Crippen molar-refractivity contribution >= 4 is 0 Å². The average molecular weight is 216 g/mol. The Bertz CT molecular complexity index is 367. The van der Waals surface area contributed by atoms with Gasteiger partial charge in [-0.05, 0) is 46.1 Å². The van der Waals surface area contributed by atoms with Crippen LogP contribution < -0.4 is 0 Å². The summed E-state index contributed by atoms with van der Waals surface area (Å²) in [6, 6.07) is 0. The van der Waals surface area contributed by atoms with E-state index in [4.69, 9.17) is 0 Å². The van der Waals surface area contributed by atoms with E-state index in [1.807, 2.05) is 0 Å². The monoisotopic (exact) mass is 216 g/mol. The Morgan fingerprint density at radius 1 is 1.12 bits per heavy atom. The Balaban J connectivity index is 2.98. The summed E-state index contributed by atoms with van der Waals surface area (Å²) >= 11 is 0. The van der Waals surface area contributed by atoms with Gasteiger partial charge in [-0.2, -0.15) is 0 Å². The minimum absolute atomic E-state index is 0.569. The molecule has 0 heterocycles. The Morgan fingerprint density at radius 3 is 2.25 bits per heavy atom. The fraction of sp³-hybridized carbons (Fsp3) is 0.500. The van der Waals surface area contributed by atoms with Crippen LogP contribution in [0.2, 0.25) is 0 Å². The van der Waals surface area contributed by atoms with Crippen LogP contribution in [0.5, 0.6) is 0 Å². The molecule has 0 N–H and O–H groups in total. The van der Waals surface area contributed by atoms with Gasteiger partial charge in [0.05, 0.1) is 0 Å². The van der Waals surface area contributed by atoms with E-state index in [0.717, 1.165) is 0 Å². The summed E-state index contributed by atoms with van der Waals surface area (Å²) in [7, 11) is 0. The van der Waals surface area contributed by atoms with Gasteiger partial charge in [0.2, 0.25) is 0 Å². The molecule has 88 valence electrons. The predicted octanol–water partition coefficient (Wildman–Crippen LogP) is 5.06. The molecule has 0 spiro atoms. The van der Waals surface area contributed by atoms with Crippen molar-refractivity contribution in [1.82, 2.24) is 0 Å². The molecular weight excluding hydrogens is 192 g/mol. The normalized spacial score (nSPS) is 24.4. The SMILES string of the molecule is CC(C)=CC1=C(C)C(C)C(C=C(C)C)C=C1. The highest BCUT2D eigenvalue weighted by Gasteiger charge is 2.19. The largest absolute Gasteiger partial charge is 0.0798 e. The first kappa shape index (κ1) is 13.0. The summed E-state index contributed by atoms with van der Waals surface area (Å²) in [6.45, 7) is 13.2. The smallest absolute Gasteiger partial charge is 0.00154 e. The third-order valence-electron chi connectivity index (χ3n) is 3.18. The highest BCUT2D eigenvalue weighted by Crippen LogP contribution is 2.31. The predicted molar refractivity (Wildman–Crippen MR) is 73.4 cm³/mol. The van der Waals surface area contributed by atoms with Gasteiger partial charge in [0.25, 0.3) is 0 Å². The fourth-order valence-corrected chi connectivity index (χ4v) is 2.12. The highest BCUT2D eigenvalue weighted by molar-refractivity contribution is 5.41. The van der Waals surface area contributed by atoms with Crippen LogP contribution in [0.1, 0.15) is 41.5 Å². The van der Waals surface area contributed by atoms with Crippen LogP contribution in [0.15, 0.2) is 46.6 Å². The van der Waals surface area contributed by atoms with Gasteiger partial charge in [0.15, 0.2) is 0 Å². The molecule has 1 rings (SSSR count). The first-order valence-corrected chi connectivity index (χ1v) is 6.10. The molecule has 0 aliphatic heterocycles. The number of hydrogen-bond donors (Lipinski definition) is 0. The molecular formula is C16H24. The molecule has 16 heavy (non-hydrogen) atoms. The van der Waals surface area contributed by atoms with Crippen molar-refractivity contribution in [3.05, 3.63) is 46.6 Å². The molecule has 2 atom stereocenters. The van der Waals surface area contributed by atoms with Gasteiger partial charge in [-0.1, -0.05) is 47.9 Å². The topological polar surface area (TPSA) is 0 Å². The number of rotatable bonds is 2. The lowest BCUT2D eigenvalue weighted by Crippen LogP contribution is -2.13. The maximum absolute atomic E-state index is 2.37. The van der Waals surface area contributed by atoms with E-state index in [0.29, 0.717) is 11.8 Å². The molecule has 0 aromatic carbocycles. The van der Waals surface area contributed by atoms with Crippen molar-refractivity contribution in [2.24, 2.45) is 11.8 Å². The number of allylic oxidation sites excluding steroid dienone is 8. The van der Waals surface area contributed by atoms with E-state index in [1.165, 1.54) is 22.3 Å². The zero-order valence-electron chi connectivity index (χ0n) is 11.5. The van der Waals surface area contributed by atoms with Crippen LogP contribution in [0.25, 0.3) is 0 Å². The van der Waals surface area contributed by atoms with E-state index < -0.39 is 0 Å². The van der Waals surface area contributed by atoms with Crippen molar-refractivity contribution in [2.75, 3.05) is 0 Å². The Kier molecular flexibility index (Phi) is 4.35. The van der Waals surface area contributed by atoms with Crippen LogP contribution in [0, 0.1) is 11.8 Å². The van der Waals surface area contributed by atoms with Gasteiger partial charge in [0.1, 0.15) is 0 Å². The Labute approximate surface area is 100 Å². The van der Waals surface area contributed by atoms with Gasteiger partial charge in [-0.3, -0.25) is 0 Å². The van der Waals surface area contributed by atoms with Crippen molar-refractivity contribution in [2.45, 2.75) is 41.5 Å². The van der Waals surface area contributed by atoms with E-state index >= 15 is 0 Å². The second-order valence-electron chi connectivity index (χ2n) is 5.33. The maximum atomic E-state index is 2.37. The van der Waals surface area contributed by atoms with Crippen LogP contribution in [-0.4, -0.2) is 0 Å². The van der Waals surface area contributed by atoms with Crippen LogP contribution >= 0.6 is 0 Å². The Morgan fingerprint density at radius 2 is 1.75 bits per heavy atom. The van der Waals surface area contributed by atoms with E-state index in [-0.39, 0.29) is 0 Å². The summed E-state index contributed by atoms with van der Waals surface area (Å²) in [5, 5.41) is 0. The summed E-state index contributed by atoms with van der Waals surface area (Å²) in [5.41, 5.74) is 5.67. The van der Waals surface area contributed by atoms with Crippen LogP contribution in [-0.2, 0) is 0 Å². The molecule has 1 aliphatic carbocycles. The van der Waals surface area contributed by atoms with E-state index in [2.05, 4.69) is 65.8 Å². The van der Waals surface area contributed by atoms with Crippen molar-refractivity contribution in [1.29, 1.82) is 0 Å². The zero-order valence-corrected chi connectivity index (χ0v) is 11.5. The minimum Gasteiger partial charge on any atom is -0.0798 e. The summed E-state index contributed by atoms with van der Waals surface area (Å²) in [4.78, 5) is 0. The summed E-state index contributed by atoms with van der Waals surface area (Å²) in [6.07, 6.45) is 9.25. The quantitative estimate of drug-likeness (QED) is 0.566. The second kappa shape index (κ2) is 5.34. The zero-order chi connectivity index (χ0) is 12.3. The molecule has 0 amide bonds. The van der Waals surface area contributed by atoms with Gasteiger partial charge >= 0.3 is 0 Å². The standard InChI is InChI=1S/C16H24/c1-11(2)9-15-7-8-16(10-12(3)4)14(6)13(15)5/h7-10,13,15H,1-6H3. The van der Waals surface area contributed by atoms with Crippen molar-refractivity contribution in [3.8, 4) is 0 Å². The molecule has 0 nitrogen and oxygen atoms in total. The first-order valence-electron chi connectivity index (χ1n) is 6.10. The highest BCUT2D eigenvalue weighted by atomic mass is 14.2. The maximum Gasteiger partial charge on any atom is 0.00154 e. The van der Waals surface area contributed by atoms with Crippen molar-refractivity contribution < 1.29 is 0 Å². The first-order chi connectivity index (χ1) is 7.41. The molecule has 0 bridgehead atoms. The molecule has 0 radical (unpaired) electrons. The third-order valence-corrected chi connectivity index (χ3v) is 3.18. The summed E-state index contributed by atoms with van der Waals surface area (Å²) in [5.74, 6) is 1.19. The second-order valence-corrected chi connectivity index (χ2v) is 5.33. The lowest BCUT2D eigenvalue weighted by Gasteiger charge is -2.25. The van der Waals surface area contributed by atoms with E-state index in [1.54, 1.807) is 0 Å². The molecule has 0 fully saturated rings. The minimum atomic E-state index is 0.569. The molecule has 0 heteroatoms. The molecule has 0 saturated heterocycles. The van der Waals surface area contributed by atoms with Crippen LogP contribution in [0.3, 0.4) is 0 Å². The lowest BCUT2D eigenvalue weighted by molar-refractivity contribution is 0.564. The summed E-state index contributed by atoms with van der Waals surface area (Å²) < 4.78 is 0. The van der Waals surface area contributed by atoms with Gasteiger partial charge in [0, 0.05) is 5.92 Å². The molecule has 1 aliphatic rings. The average Bonchev–Trinajstić information content (AvgIpc) is 2.16. The fourth-order valence-electron chi connectivity index (χ4n) is 2.12. The molecule has 0 saturated carbocycles. The molecule has 0 aromatic rings. The van der Waals surface area contributed by atoms with E-state index in [9.17, 15) is 0 Å². The number of hydrogen-bond acceptors (Lipinski definition) is 0. The molecule has 2 unspecified atom stereocenters. The van der Waals surface area contributed by atoms with Gasteiger partial charge in [-0.25, -0.2) is 0 Å². The van der Waals surface area contributed by atoms with Gasteiger partial charge in [-0.15, -0.1) is 0 Å².